The zero-order chi connectivity index (χ0) is 23.5. The minimum Gasteiger partial charge on any atom is -0.454 e. The topological polar surface area (TPSA) is 85.7 Å². The third-order valence-corrected chi connectivity index (χ3v) is 5.84. The van der Waals surface area contributed by atoms with Gasteiger partial charge in [-0.15, -0.1) is 0 Å². The highest BCUT2D eigenvalue weighted by atomic mass is 16.7. The van der Waals surface area contributed by atoms with Crippen molar-refractivity contribution >= 4 is 17.3 Å². The number of anilines is 2. The molecular formula is C25H28N4O4. The molecule has 0 aliphatic carbocycles. The molecule has 1 atom stereocenters. The van der Waals surface area contributed by atoms with Crippen LogP contribution in [0.4, 0.5) is 11.4 Å². The van der Waals surface area contributed by atoms with E-state index in [1.54, 1.807) is 19.1 Å². The number of amides is 1. The molecule has 172 valence electrons. The Balaban J connectivity index is 1.55. The molecule has 2 heterocycles. The Morgan fingerprint density at radius 2 is 1.85 bits per heavy atom. The van der Waals surface area contributed by atoms with E-state index in [0.717, 1.165) is 29.9 Å². The number of carbonyl (C=O) groups excluding carboxylic acids is 1. The van der Waals surface area contributed by atoms with E-state index in [1.165, 1.54) is 10.7 Å². The predicted molar refractivity (Wildman–Crippen MR) is 128 cm³/mol. The molecule has 4 rings (SSSR count). The van der Waals surface area contributed by atoms with Crippen molar-refractivity contribution in [1.82, 2.24) is 9.78 Å². The maximum absolute atomic E-state index is 13.0. The molecule has 0 saturated carbocycles. The number of fused-ring (bicyclic) bond motifs is 1. The molecule has 8 nitrogen and oxygen atoms in total. The van der Waals surface area contributed by atoms with Crippen molar-refractivity contribution in [2.75, 3.05) is 30.1 Å². The van der Waals surface area contributed by atoms with Crippen LogP contribution in [-0.2, 0) is 4.79 Å². The van der Waals surface area contributed by atoms with Crippen molar-refractivity contribution in [3.05, 3.63) is 64.4 Å². The molecule has 3 aromatic rings. The molecule has 0 spiro atoms. The fourth-order valence-electron chi connectivity index (χ4n) is 3.83. The average Bonchev–Trinajstić information content (AvgIpc) is 3.29. The van der Waals surface area contributed by atoms with Crippen molar-refractivity contribution in [1.29, 1.82) is 0 Å². The third-order valence-electron chi connectivity index (χ3n) is 5.84. The van der Waals surface area contributed by atoms with Crippen LogP contribution < -0.4 is 25.2 Å². The van der Waals surface area contributed by atoms with E-state index in [0.29, 0.717) is 22.9 Å². The van der Waals surface area contributed by atoms with Crippen molar-refractivity contribution in [2.45, 2.75) is 33.7 Å². The van der Waals surface area contributed by atoms with Gasteiger partial charge in [-0.25, -0.2) is 4.68 Å². The number of carbonyl (C=O) groups is 1. The van der Waals surface area contributed by atoms with Crippen molar-refractivity contribution in [3.8, 4) is 22.8 Å². The highest BCUT2D eigenvalue weighted by Gasteiger charge is 2.20. The van der Waals surface area contributed by atoms with Crippen LogP contribution in [0.3, 0.4) is 0 Å². The average molecular weight is 449 g/mol. The highest BCUT2D eigenvalue weighted by Crippen LogP contribution is 2.35. The third kappa shape index (κ3) is 4.55. The molecule has 1 aliphatic rings. The second-order valence-electron chi connectivity index (χ2n) is 7.91. The van der Waals surface area contributed by atoms with Crippen LogP contribution in [-0.4, -0.2) is 35.6 Å². The number of aromatic nitrogens is 2. The summed E-state index contributed by atoms with van der Waals surface area (Å²) in [4.78, 5) is 27.7. The maximum atomic E-state index is 13.0. The van der Waals surface area contributed by atoms with E-state index in [1.807, 2.05) is 31.2 Å². The van der Waals surface area contributed by atoms with Gasteiger partial charge in [0, 0.05) is 36.1 Å². The summed E-state index contributed by atoms with van der Waals surface area (Å²) in [5, 5.41) is 7.39. The Labute approximate surface area is 192 Å². The largest absolute Gasteiger partial charge is 0.454 e. The zero-order valence-electron chi connectivity index (χ0n) is 19.3. The van der Waals surface area contributed by atoms with Crippen LogP contribution in [0.15, 0.2) is 53.3 Å². The number of aryl methyl sites for hydroxylation is 1. The lowest BCUT2D eigenvalue weighted by Gasteiger charge is -2.22. The van der Waals surface area contributed by atoms with Crippen LogP contribution >= 0.6 is 0 Å². The summed E-state index contributed by atoms with van der Waals surface area (Å²) < 4.78 is 12.0. The first kappa shape index (κ1) is 22.4. The highest BCUT2D eigenvalue weighted by molar-refractivity contribution is 5.94. The number of nitrogens with zero attached hydrogens (tertiary/aromatic N) is 3. The van der Waals surface area contributed by atoms with E-state index in [-0.39, 0.29) is 18.3 Å². The molecule has 1 N–H and O–H groups in total. The van der Waals surface area contributed by atoms with E-state index in [4.69, 9.17) is 9.47 Å². The first-order valence-electron chi connectivity index (χ1n) is 11.1. The van der Waals surface area contributed by atoms with Gasteiger partial charge in [-0.1, -0.05) is 0 Å². The Morgan fingerprint density at radius 1 is 1.09 bits per heavy atom. The van der Waals surface area contributed by atoms with E-state index < -0.39 is 6.04 Å². The summed E-state index contributed by atoms with van der Waals surface area (Å²) in [7, 11) is 0. The van der Waals surface area contributed by atoms with Crippen LogP contribution in [0.25, 0.3) is 11.3 Å². The summed E-state index contributed by atoms with van der Waals surface area (Å²) in [5.41, 5.74) is 3.75. The minimum absolute atomic E-state index is 0.179. The molecule has 33 heavy (non-hydrogen) atoms. The van der Waals surface area contributed by atoms with Gasteiger partial charge >= 0.3 is 0 Å². The van der Waals surface area contributed by atoms with Crippen LogP contribution in [0.5, 0.6) is 11.5 Å². The summed E-state index contributed by atoms with van der Waals surface area (Å²) in [6.45, 7) is 9.83. The first-order chi connectivity index (χ1) is 15.9. The molecule has 0 saturated heterocycles. The van der Waals surface area contributed by atoms with E-state index >= 15 is 0 Å². The van der Waals surface area contributed by atoms with Gasteiger partial charge in [0.15, 0.2) is 11.5 Å². The molecule has 0 bridgehead atoms. The van der Waals surface area contributed by atoms with Crippen molar-refractivity contribution in [2.24, 2.45) is 0 Å². The SMILES string of the molecule is CCN(CC)c1ccc(NC(=O)C(C)n2nc(-c3ccc4c(c3)OCO4)ccc2=O)c(C)c1. The fraction of sp³-hybridized carbons (Fsp3) is 0.320. The standard InChI is InChI=1S/C25H28N4O4/c1-5-28(6-2)19-8-9-20(16(3)13-19)26-25(31)17(4)29-24(30)12-10-21(27-29)18-7-11-22-23(14-18)33-15-32-22/h7-14,17H,5-6,15H2,1-4H3,(H,26,31). The second kappa shape index (κ2) is 9.36. The van der Waals surface area contributed by atoms with Gasteiger partial charge < -0.3 is 19.7 Å². The van der Waals surface area contributed by atoms with Crippen molar-refractivity contribution in [3.63, 3.8) is 0 Å². The normalized spacial score (nSPS) is 13.0. The van der Waals surface area contributed by atoms with Crippen LogP contribution in [0, 0.1) is 6.92 Å². The molecule has 8 heteroatoms. The first-order valence-corrected chi connectivity index (χ1v) is 11.1. The van der Waals surface area contributed by atoms with Gasteiger partial charge in [-0.3, -0.25) is 9.59 Å². The van der Waals surface area contributed by atoms with E-state index in [2.05, 4.69) is 35.2 Å². The Hall–Kier alpha value is -3.81. The van der Waals surface area contributed by atoms with Crippen molar-refractivity contribution < 1.29 is 14.3 Å². The number of benzene rings is 2. The van der Waals surface area contributed by atoms with Gasteiger partial charge in [0.05, 0.1) is 5.69 Å². The predicted octanol–water partition coefficient (Wildman–Crippen LogP) is 3.99. The van der Waals surface area contributed by atoms with Gasteiger partial charge in [0.25, 0.3) is 5.56 Å². The number of hydrogen-bond donors (Lipinski definition) is 1. The Morgan fingerprint density at radius 3 is 2.58 bits per heavy atom. The number of hydrogen-bond acceptors (Lipinski definition) is 6. The summed E-state index contributed by atoms with van der Waals surface area (Å²) >= 11 is 0. The number of rotatable bonds is 7. The van der Waals surface area contributed by atoms with Crippen LogP contribution in [0.1, 0.15) is 32.4 Å². The van der Waals surface area contributed by atoms with E-state index in [9.17, 15) is 9.59 Å². The van der Waals surface area contributed by atoms with Gasteiger partial charge in [0.1, 0.15) is 6.04 Å². The molecular weight excluding hydrogens is 420 g/mol. The Bertz CT molecular complexity index is 1230. The second-order valence-corrected chi connectivity index (χ2v) is 7.91. The lowest BCUT2D eigenvalue weighted by molar-refractivity contribution is -0.119. The Kier molecular flexibility index (Phi) is 6.35. The molecule has 1 amide bonds. The quantitative estimate of drug-likeness (QED) is 0.588. The van der Waals surface area contributed by atoms with Gasteiger partial charge in [0.2, 0.25) is 12.7 Å². The molecule has 1 aromatic heterocycles. The lowest BCUT2D eigenvalue weighted by atomic mass is 10.1. The molecule has 1 aliphatic heterocycles. The zero-order valence-corrected chi connectivity index (χ0v) is 19.3. The number of ether oxygens (including phenoxy) is 2. The minimum atomic E-state index is -0.798. The maximum Gasteiger partial charge on any atom is 0.267 e. The monoisotopic (exact) mass is 448 g/mol. The summed E-state index contributed by atoms with van der Waals surface area (Å²) in [6.07, 6.45) is 0. The summed E-state index contributed by atoms with van der Waals surface area (Å²) in [6, 6.07) is 13.7. The smallest absolute Gasteiger partial charge is 0.267 e. The molecule has 0 radical (unpaired) electrons. The van der Waals surface area contributed by atoms with Gasteiger partial charge in [-0.2, -0.15) is 5.10 Å². The fourth-order valence-corrected chi connectivity index (χ4v) is 3.83. The van der Waals surface area contributed by atoms with Crippen LogP contribution in [0.2, 0.25) is 0 Å². The van der Waals surface area contributed by atoms with Gasteiger partial charge in [-0.05, 0) is 75.7 Å². The summed E-state index contributed by atoms with van der Waals surface area (Å²) in [5.74, 6) is 0.981. The molecule has 1 unspecified atom stereocenters. The molecule has 0 fully saturated rings. The number of nitrogens with one attached hydrogen (secondary N) is 1. The lowest BCUT2D eigenvalue weighted by Crippen LogP contribution is -2.33. The molecule has 2 aromatic carbocycles.